The van der Waals surface area contributed by atoms with Crippen molar-refractivity contribution in [3.05, 3.63) is 48.2 Å². The molecule has 5 atom stereocenters. The molecule has 0 amide bonds. The van der Waals surface area contributed by atoms with Crippen molar-refractivity contribution < 1.29 is 38.8 Å². The number of esters is 1. The van der Waals surface area contributed by atoms with Gasteiger partial charge in [-0.1, -0.05) is 24.3 Å². The van der Waals surface area contributed by atoms with Gasteiger partial charge in [0.2, 0.25) is 0 Å². The van der Waals surface area contributed by atoms with Gasteiger partial charge in [-0.15, -0.1) is 0 Å². The fraction of sp³-hybridized carbons (Fsp3) is 0.450. The van der Waals surface area contributed by atoms with Crippen LogP contribution in [-0.2, 0) is 18.8 Å². The summed E-state index contributed by atoms with van der Waals surface area (Å²) in [6.07, 6.45) is -2.22. The average molecular weight is 439 g/mol. The lowest BCUT2D eigenvalue weighted by Gasteiger charge is -2.44. The molecule has 4 N–H and O–H groups in total. The number of benzene rings is 1. The van der Waals surface area contributed by atoms with E-state index in [-0.39, 0.29) is 0 Å². The maximum Gasteiger partial charge on any atom is 0.333 e. The first-order valence-corrected chi connectivity index (χ1v) is 11.3. The summed E-state index contributed by atoms with van der Waals surface area (Å²) in [6.45, 7) is 2.65. The van der Waals surface area contributed by atoms with Crippen LogP contribution in [0.25, 0.3) is 10.9 Å². The Labute approximate surface area is 173 Å². The van der Waals surface area contributed by atoms with Crippen LogP contribution in [0.4, 0.5) is 0 Å². The highest BCUT2D eigenvalue weighted by atomic mass is 31.2. The summed E-state index contributed by atoms with van der Waals surface area (Å²) < 4.78 is 25.0. The van der Waals surface area contributed by atoms with Crippen LogP contribution in [0.2, 0.25) is 0 Å². The van der Waals surface area contributed by atoms with Gasteiger partial charge in [0.1, 0.15) is 6.10 Å². The van der Waals surface area contributed by atoms with Crippen molar-refractivity contribution in [3.63, 3.8) is 0 Å². The summed E-state index contributed by atoms with van der Waals surface area (Å²) in [7, 11) is -4.58. The number of ether oxygens (including phenoxy) is 2. The first-order chi connectivity index (χ1) is 14.2. The van der Waals surface area contributed by atoms with Gasteiger partial charge in [-0.25, -0.2) is 4.79 Å². The minimum absolute atomic E-state index is 0.305. The Kier molecular flexibility index (Phi) is 6.81. The molecule has 1 saturated heterocycles. The highest BCUT2D eigenvalue weighted by Gasteiger charge is 2.50. The number of hydrogen-bond acceptors (Lipinski definition) is 6. The summed E-state index contributed by atoms with van der Waals surface area (Å²) in [5.74, 6) is -1.84. The van der Waals surface area contributed by atoms with Crippen molar-refractivity contribution in [2.75, 3.05) is 12.8 Å². The van der Waals surface area contributed by atoms with Crippen LogP contribution in [0, 0.1) is 5.92 Å². The van der Waals surface area contributed by atoms with E-state index in [1.165, 1.54) is 0 Å². The van der Waals surface area contributed by atoms with Crippen molar-refractivity contribution in [3.8, 4) is 0 Å². The second-order valence-electron chi connectivity index (χ2n) is 7.37. The standard InChI is InChI=1S/C20H26NO8P/c1-3-12(2)20(24)29-18-14(11-30(25,26)27)17(23)16(10-22)28-19(18)21-9-8-13-6-4-5-7-15(13)21/h3-9,14,16-19,22-23H,10-11H2,1-2H3,(H2,25,26,27)/b12-3+/t14-,16+,17-,18+,19+/m0/s1. The summed E-state index contributed by atoms with van der Waals surface area (Å²) in [5.41, 5.74) is 1.05. The fourth-order valence-corrected chi connectivity index (χ4v) is 4.66. The van der Waals surface area contributed by atoms with Gasteiger partial charge in [-0.3, -0.25) is 4.57 Å². The Balaban J connectivity index is 2.09. The predicted molar refractivity (Wildman–Crippen MR) is 109 cm³/mol. The van der Waals surface area contributed by atoms with Crippen LogP contribution in [-0.4, -0.2) is 61.6 Å². The average Bonchev–Trinajstić information content (AvgIpc) is 3.13. The van der Waals surface area contributed by atoms with E-state index in [1.54, 1.807) is 30.7 Å². The maximum atomic E-state index is 12.5. The molecule has 1 aliphatic rings. The predicted octanol–water partition coefficient (Wildman–Crippen LogP) is 1.56. The first-order valence-electron chi connectivity index (χ1n) is 9.54. The van der Waals surface area contributed by atoms with E-state index in [0.29, 0.717) is 5.57 Å². The SMILES string of the molecule is C/C=C(\C)C(=O)O[C@@H]1[C@@H](CP(=O)(O)O)[C@H](O)[C@@H](CO)O[C@H]1n1ccc2ccccc21. The van der Waals surface area contributed by atoms with Crippen molar-refractivity contribution in [1.82, 2.24) is 4.57 Å². The summed E-state index contributed by atoms with van der Waals surface area (Å²) in [5, 5.41) is 21.2. The first kappa shape index (κ1) is 22.7. The van der Waals surface area contributed by atoms with E-state index in [0.717, 1.165) is 10.9 Å². The Bertz CT molecular complexity index is 980. The molecule has 0 unspecified atom stereocenters. The molecule has 1 aromatic carbocycles. The van der Waals surface area contributed by atoms with Gasteiger partial charge in [0.25, 0.3) is 0 Å². The maximum absolute atomic E-state index is 12.5. The number of para-hydroxylation sites is 1. The monoisotopic (exact) mass is 439 g/mol. The number of fused-ring (bicyclic) bond motifs is 1. The zero-order valence-electron chi connectivity index (χ0n) is 16.7. The Morgan fingerprint density at radius 1 is 1.30 bits per heavy atom. The summed E-state index contributed by atoms with van der Waals surface area (Å²) in [4.78, 5) is 31.7. The quantitative estimate of drug-likeness (QED) is 0.302. The van der Waals surface area contributed by atoms with Gasteiger partial charge in [-0.05, 0) is 31.4 Å². The van der Waals surface area contributed by atoms with Gasteiger partial charge in [0.15, 0.2) is 12.3 Å². The van der Waals surface area contributed by atoms with Crippen molar-refractivity contribution in [1.29, 1.82) is 0 Å². The minimum atomic E-state index is -4.58. The largest absolute Gasteiger partial charge is 0.454 e. The molecule has 30 heavy (non-hydrogen) atoms. The van der Waals surface area contributed by atoms with Crippen molar-refractivity contribution in [2.24, 2.45) is 5.92 Å². The van der Waals surface area contributed by atoms with Gasteiger partial charge in [0, 0.05) is 17.7 Å². The number of aromatic nitrogens is 1. The number of carbonyl (C=O) groups excluding carboxylic acids is 1. The molecule has 2 aromatic rings. The summed E-state index contributed by atoms with van der Waals surface area (Å²) >= 11 is 0. The molecule has 10 heteroatoms. The molecule has 1 aliphatic heterocycles. The molecule has 1 aromatic heterocycles. The topological polar surface area (TPSA) is 138 Å². The number of rotatable bonds is 6. The van der Waals surface area contributed by atoms with Crippen LogP contribution in [0.5, 0.6) is 0 Å². The second-order valence-corrected chi connectivity index (χ2v) is 9.07. The molecule has 1 fully saturated rings. The molecule has 3 rings (SSSR count). The van der Waals surface area contributed by atoms with Crippen molar-refractivity contribution >= 4 is 24.5 Å². The van der Waals surface area contributed by atoms with E-state index in [4.69, 9.17) is 9.47 Å². The van der Waals surface area contributed by atoms with Crippen LogP contribution < -0.4 is 0 Å². The Morgan fingerprint density at radius 3 is 2.63 bits per heavy atom. The lowest BCUT2D eigenvalue weighted by atomic mass is 9.89. The number of aliphatic hydroxyl groups excluding tert-OH is 2. The lowest BCUT2D eigenvalue weighted by Crippen LogP contribution is -2.55. The number of nitrogens with zero attached hydrogens (tertiary/aromatic N) is 1. The van der Waals surface area contributed by atoms with E-state index < -0.39 is 56.8 Å². The number of allylic oxidation sites excluding steroid dienone is 1. The van der Waals surface area contributed by atoms with E-state index in [1.807, 2.05) is 30.3 Å². The molecular weight excluding hydrogens is 413 g/mol. The Morgan fingerprint density at radius 2 is 2.00 bits per heavy atom. The molecule has 2 heterocycles. The molecule has 0 radical (unpaired) electrons. The molecule has 0 aliphatic carbocycles. The smallest absolute Gasteiger partial charge is 0.333 e. The molecule has 9 nitrogen and oxygen atoms in total. The van der Waals surface area contributed by atoms with E-state index >= 15 is 0 Å². The summed E-state index contributed by atoms with van der Waals surface area (Å²) in [6, 6.07) is 9.21. The third-order valence-electron chi connectivity index (χ3n) is 5.37. The van der Waals surface area contributed by atoms with Gasteiger partial charge < -0.3 is 34.0 Å². The number of carbonyl (C=O) groups is 1. The second kappa shape index (κ2) is 9.01. The number of hydrogen-bond donors (Lipinski definition) is 4. The van der Waals surface area contributed by atoms with E-state index in [9.17, 15) is 29.4 Å². The van der Waals surface area contributed by atoms with Crippen LogP contribution in [0.15, 0.2) is 48.2 Å². The van der Waals surface area contributed by atoms with Crippen molar-refractivity contribution in [2.45, 2.75) is 38.4 Å². The normalized spacial score (nSPS) is 27.9. The van der Waals surface area contributed by atoms with Crippen LogP contribution in [0.1, 0.15) is 20.1 Å². The minimum Gasteiger partial charge on any atom is -0.454 e. The Hall–Kier alpha value is -2.00. The molecular formula is C20H26NO8P. The van der Waals surface area contributed by atoms with Gasteiger partial charge in [-0.2, -0.15) is 0 Å². The fourth-order valence-electron chi connectivity index (χ4n) is 3.69. The number of aliphatic hydroxyl groups is 2. The van der Waals surface area contributed by atoms with Gasteiger partial charge >= 0.3 is 13.6 Å². The molecule has 164 valence electrons. The van der Waals surface area contributed by atoms with Crippen LogP contribution in [0.3, 0.4) is 0 Å². The highest BCUT2D eigenvalue weighted by Crippen LogP contribution is 2.45. The molecule has 0 saturated carbocycles. The van der Waals surface area contributed by atoms with Gasteiger partial charge in [0.05, 0.1) is 24.4 Å². The zero-order chi connectivity index (χ0) is 22.1. The lowest BCUT2D eigenvalue weighted by molar-refractivity contribution is -0.237. The van der Waals surface area contributed by atoms with E-state index in [2.05, 4.69) is 0 Å². The third-order valence-corrected chi connectivity index (χ3v) is 6.26. The molecule has 0 bridgehead atoms. The third kappa shape index (κ3) is 4.67. The van der Waals surface area contributed by atoms with Crippen LogP contribution >= 0.6 is 7.60 Å². The zero-order valence-corrected chi connectivity index (χ0v) is 17.6. The molecule has 0 spiro atoms. The highest BCUT2D eigenvalue weighted by molar-refractivity contribution is 7.51.